The lowest BCUT2D eigenvalue weighted by Crippen LogP contribution is -2.35. The standard InChI is InChI=1S/C13H16F3NO/c1-18-13-8(6-9-4-2-3-5-17-9)7-10(14)11(15)12(13)16/h7,9,17H,2-6H2,1H3. The Morgan fingerprint density at radius 3 is 2.67 bits per heavy atom. The molecule has 1 N–H and O–H groups in total. The molecule has 18 heavy (non-hydrogen) atoms. The van der Waals surface area contributed by atoms with Crippen LogP contribution in [0.25, 0.3) is 0 Å². The molecule has 1 aromatic carbocycles. The minimum Gasteiger partial charge on any atom is -0.493 e. The van der Waals surface area contributed by atoms with Crippen LogP contribution in [-0.4, -0.2) is 19.7 Å². The lowest BCUT2D eigenvalue weighted by molar-refractivity contribution is 0.346. The van der Waals surface area contributed by atoms with Gasteiger partial charge in [0.1, 0.15) is 0 Å². The highest BCUT2D eigenvalue weighted by atomic mass is 19.2. The average Bonchev–Trinajstić information content (AvgIpc) is 2.38. The Morgan fingerprint density at radius 2 is 2.06 bits per heavy atom. The molecule has 1 unspecified atom stereocenters. The van der Waals surface area contributed by atoms with Crippen LogP contribution in [0.3, 0.4) is 0 Å². The zero-order valence-corrected chi connectivity index (χ0v) is 10.2. The number of halogens is 3. The van der Waals surface area contributed by atoms with E-state index in [1.807, 2.05) is 0 Å². The molecule has 0 aliphatic carbocycles. The van der Waals surface area contributed by atoms with Gasteiger partial charge in [0.2, 0.25) is 5.82 Å². The Labute approximate surface area is 104 Å². The van der Waals surface area contributed by atoms with Crippen LogP contribution in [0.2, 0.25) is 0 Å². The maximum absolute atomic E-state index is 13.5. The van der Waals surface area contributed by atoms with Crippen LogP contribution >= 0.6 is 0 Å². The normalized spacial score (nSPS) is 19.9. The van der Waals surface area contributed by atoms with E-state index in [1.54, 1.807) is 0 Å². The predicted molar refractivity (Wildman–Crippen MR) is 62.2 cm³/mol. The molecule has 2 nitrogen and oxygen atoms in total. The van der Waals surface area contributed by atoms with Crippen molar-refractivity contribution in [2.75, 3.05) is 13.7 Å². The van der Waals surface area contributed by atoms with Gasteiger partial charge in [-0.2, -0.15) is 4.39 Å². The van der Waals surface area contributed by atoms with Gasteiger partial charge >= 0.3 is 0 Å². The van der Waals surface area contributed by atoms with Gasteiger partial charge in [-0.1, -0.05) is 6.42 Å². The van der Waals surface area contributed by atoms with Gasteiger partial charge in [-0.3, -0.25) is 0 Å². The molecule has 1 fully saturated rings. The van der Waals surface area contributed by atoms with E-state index in [1.165, 1.54) is 7.11 Å². The minimum atomic E-state index is -1.48. The molecule has 0 radical (unpaired) electrons. The predicted octanol–water partition coefficient (Wildman–Crippen LogP) is 2.80. The monoisotopic (exact) mass is 259 g/mol. The fraction of sp³-hybridized carbons (Fsp3) is 0.538. The third-order valence-corrected chi connectivity index (χ3v) is 3.28. The summed E-state index contributed by atoms with van der Waals surface area (Å²) in [6, 6.07) is 1.19. The Kier molecular flexibility index (Phi) is 4.11. The van der Waals surface area contributed by atoms with Crippen LogP contribution < -0.4 is 10.1 Å². The van der Waals surface area contributed by atoms with Gasteiger partial charge in [0.05, 0.1) is 7.11 Å². The number of piperidine rings is 1. The number of hydrogen-bond acceptors (Lipinski definition) is 2. The summed E-state index contributed by atoms with van der Waals surface area (Å²) in [7, 11) is 1.26. The molecule has 0 spiro atoms. The Morgan fingerprint density at radius 1 is 1.28 bits per heavy atom. The Bertz CT molecular complexity index is 431. The number of rotatable bonds is 3. The van der Waals surface area contributed by atoms with Gasteiger partial charge in [0.15, 0.2) is 17.4 Å². The van der Waals surface area contributed by atoms with E-state index in [0.717, 1.165) is 31.9 Å². The van der Waals surface area contributed by atoms with Crippen molar-refractivity contribution >= 4 is 0 Å². The Hall–Kier alpha value is -1.23. The van der Waals surface area contributed by atoms with E-state index in [9.17, 15) is 13.2 Å². The van der Waals surface area contributed by atoms with Crippen molar-refractivity contribution in [2.24, 2.45) is 0 Å². The number of methoxy groups -OCH3 is 1. The zero-order chi connectivity index (χ0) is 13.1. The highest BCUT2D eigenvalue weighted by Gasteiger charge is 2.22. The van der Waals surface area contributed by atoms with Gasteiger partial charge < -0.3 is 10.1 Å². The molecule has 1 saturated heterocycles. The summed E-state index contributed by atoms with van der Waals surface area (Å²) in [6.45, 7) is 0.902. The topological polar surface area (TPSA) is 21.3 Å². The Balaban J connectivity index is 2.25. The highest BCUT2D eigenvalue weighted by molar-refractivity contribution is 5.37. The molecule has 0 saturated carbocycles. The second-order valence-corrected chi connectivity index (χ2v) is 4.53. The molecule has 100 valence electrons. The van der Waals surface area contributed by atoms with Crippen molar-refractivity contribution in [3.05, 3.63) is 29.1 Å². The zero-order valence-electron chi connectivity index (χ0n) is 10.2. The quantitative estimate of drug-likeness (QED) is 0.843. The number of ether oxygens (including phenoxy) is 1. The number of nitrogens with one attached hydrogen (secondary N) is 1. The fourth-order valence-corrected chi connectivity index (χ4v) is 2.36. The van der Waals surface area contributed by atoms with Crippen LogP contribution in [0.15, 0.2) is 6.07 Å². The first-order valence-corrected chi connectivity index (χ1v) is 6.07. The van der Waals surface area contributed by atoms with Crippen molar-refractivity contribution in [1.82, 2.24) is 5.32 Å². The summed E-state index contributed by atoms with van der Waals surface area (Å²) in [5.41, 5.74) is 0.369. The first-order chi connectivity index (χ1) is 8.63. The molecule has 1 aliphatic heterocycles. The third-order valence-electron chi connectivity index (χ3n) is 3.28. The van der Waals surface area contributed by atoms with Crippen LogP contribution in [0.4, 0.5) is 13.2 Å². The van der Waals surface area contributed by atoms with Crippen molar-refractivity contribution < 1.29 is 17.9 Å². The molecule has 1 aliphatic rings. The second kappa shape index (κ2) is 5.61. The van der Waals surface area contributed by atoms with Crippen LogP contribution in [0, 0.1) is 17.5 Å². The molecule has 1 aromatic rings. The first-order valence-electron chi connectivity index (χ1n) is 6.07. The SMILES string of the molecule is COc1c(CC2CCCCN2)cc(F)c(F)c1F. The number of benzene rings is 1. The summed E-state index contributed by atoms with van der Waals surface area (Å²) >= 11 is 0. The number of hydrogen-bond donors (Lipinski definition) is 1. The summed E-state index contributed by atoms with van der Waals surface area (Å²) in [4.78, 5) is 0. The van der Waals surface area contributed by atoms with Crippen molar-refractivity contribution in [3.63, 3.8) is 0 Å². The van der Waals surface area contributed by atoms with Gasteiger partial charge in [-0.15, -0.1) is 0 Å². The van der Waals surface area contributed by atoms with E-state index < -0.39 is 17.5 Å². The van der Waals surface area contributed by atoms with Gasteiger partial charge in [-0.25, -0.2) is 8.78 Å². The maximum Gasteiger partial charge on any atom is 0.203 e. The summed E-state index contributed by atoms with van der Waals surface area (Å²) < 4.78 is 44.7. The molecule has 0 aromatic heterocycles. The minimum absolute atomic E-state index is 0.164. The first kappa shape index (κ1) is 13.2. The van der Waals surface area contributed by atoms with E-state index in [0.29, 0.717) is 12.0 Å². The molecule has 5 heteroatoms. The van der Waals surface area contributed by atoms with Crippen LogP contribution in [0.5, 0.6) is 5.75 Å². The van der Waals surface area contributed by atoms with Gasteiger partial charge in [-0.05, 0) is 31.9 Å². The van der Waals surface area contributed by atoms with E-state index in [4.69, 9.17) is 4.74 Å². The van der Waals surface area contributed by atoms with Crippen LogP contribution in [0.1, 0.15) is 24.8 Å². The lowest BCUT2D eigenvalue weighted by atomic mass is 9.97. The molecule has 2 rings (SSSR count). The van der Waals surface area contributed by atoms with Crippen LogP contribution in [-0.2, 0) is 6.42 Å². The smallest absolute Gasteiger partial charge is 0.203 e. The maximum atomic E-state index is 13.5. The van der Waals surface area contributed by atoms with E-state index in [-0.39, 0.29) is 11.8 Å². The molecular weight excluding hydrogens is 243 g/mol. The highest BCUT2D eigenvalue weighted by Crippen LogP contribution is 2.29. The fourth-order valence-electron chi connectivity index (χ4n) is 2.36. The molecule has 1 atom stereocenters. The summed E-state index contributed by atoms with van der Waals surface area (Å²) in [6.07, 6.45) is 3.59. The summed E-state index contributed by atoms with van der Waals surface area (Å²) in [5.74, 6) is -4.09. The third kappa shape index (κ3) is 2.61. The molecule has 1 heterocycles. The molecular formula is C13H16F3NO. The molecule has 0 bridgehead atoms. The largest absolute Gasteiger partial charge is 0.493 e. The van der Waals surface area contributed by atoms with E-state index in [2.05, 4.69) is 5.32 Å². The van der Waals surface area contributed by atoms with Crippen molar-refractivity contribution in [1.29, 1.82) is 0 Å². The lowest BCUT2D eigenvalue weighted by Gasteiger charge is -2.24. The van der Waals surface area contributed by atoms with Crippen molar-refractivity contribution in [3.8, 4) is 5.75 Å². The summed E-state index contributed by atoms with van der Waals surface area (Å²) in [5, 5.41) is 3.28. The van der Waals surface area contributed by atoms with E-state index >= 15 is 0 Å². The molecule has 0 amide bonds. The van der Waals surface area contributed by atoms with Crippen molar-refractivity contribution in [2.45, 2.75) is 31.7 Å². The second-order valence-electron chi connectivity index (χ2n) is 4.53. The van der Waals surface area contributed by atoms with Gasteiger partial charge in [0, 0.05) is 11.6 Å². The van der Waals surface area contributed by atoms with Gasteiger partial charge in [0.25, 0.3) is 0 Å². The average molecular weight is 259 g/mol.